The van der Waals surface area contributed by atoms with Gasteiger partial charge in [0.05, 0.1) is 16.6 Å². The van der Waals surface area contributed by atoms with Crippen molar-refractivity contribution in [3.63, 3.8) is 0 Å². The van der Waals surface area contributed by atoms with Gasteiger partial charge in [-0.3, -0.25) is 0 Å². The highest BCUT2D eigenvalue weighted by Crippen LogP contribution is 2.51. The standard InChI is InChI=1S/C19H22BrNO4/c1-5-19(13-9-7-8-10-14(13)20)15(17(22)23)11(3)21(6-2)12(4)16(19)18(24)25/h7-10H,5-6H2,1-4H3,(H,22,23)(H,24,25). The Morgan fingerprint density at radius 1 is 1.04 bits per heavy atom. The van der Waals surface area contributed by atoms with E-state index in [1.54, 1.807) is 30.9 Å². The van der Waals surface area contributed by atoms with Gasteiger partial charge in [0.1, 0.15) is 0 Å². The first-order chi connectivity index (χ1) is 11.7. The zero-order valence-electron chi connectivity index (χ0n) is 14.8. The number of hydrogen-bond donors (Lipinski definition) is 2. The second kappa shape index (κ2) is 7.04. The number of carboxylic acid groups (broad SMARTS) is 2. The van der Waals surface area contributed by atoms with Gasteiger partial charge in [-0.05, 0) is 38.8 Å². The third-order valence-electron chi connectivity index (χ3n) is 4.99. The first-order valence-electron chi connectivity index (χ1n) is 8.15. The van der Waals surface area contributed by atoms with Crippen LogP contribution in [0.4, 0.5) is 0 Å². The van der Waals surface area contributed by atoms with E-state index in [4.69, 9.17) is 0 Å². The fourth-order valence-corrected chi connectivity index (χ4v) is 4.66. The molecule has 1 aromatic rings. The molecule has 6 heteroatoms. The van der Waals surface area contributed by atoms with Gasteiger partial charge in [-0.2, -0.15) is 0 Å². The number of benzene rings is 1. The number of rotatable bonds is 5. The van der Waals surface area contributed by atoms with Crippen molar-refractivity contribution in [2.75, 3.05) is 6.54 Å². The fraction of sp³-hybridized carbons (Fsp3) is 0.368. The molecule has 0 radical (unpaired) electrons. The van der Waals surface area contributed by atoms with Crippen LogP contribution in [0.25, 0.3) is 0 Å². The second-order valence-corrected chi connectivity index (χ2v) is 6.87. The van der Waals surface area contributed by atoms with Crippen molar-refractivity contribution in [2.45, 2.75) is 39.5 Å². The van der Waals surface area contributed by atoms with E-state index in [2.05, 4.69) is 15.9 Å². The van der Waals surface area contributed by atoms with Crippen LogP contribution >= 0.6 is 15.9 Å². The van der Waals surface area contributed by atoms with E-state index in [0.29, 0.717) is 34.4 Å². The van der Waals surface area contributed by atoms with E-state index in [0.717, 1.165) is 0 Å². The summed E-state index contributed by atoms with van der Waals surface area (Å²) in [6, 6.07) is 7.23. The van der Waals surface area contributed by atoms with Gasteiger partial charge in [0.25, 0.3) is 0 Å². The Kier molecular flexibility index (Phi) is 5.42. The number of aliphatic carboxylic acids is 2. The largest absolute Gasteiger partial charge is 0.478 e. The summed E-state index contributed by atoms with van der Waals surface area (Å²) in [5.74, 6) is -2.19. The maximum absolute atomic E-state index is 12.2. The number of carboxylic acids is 2. The minimum atomic E-state index is -1.22. The molecule has 1 aliphatic heterocycles. The van der Waals surface area contributed by atoms with Gasteiger partial charge in [0.15, 0.2) is 0 Å². The zero-order valence-corrected chi connectivity index (χ0v) is 16.3. The van der Waals surface area contributed by atoms with E-state index >= 15 is 0 Å². The first-order valence-corrected chi connectivity index (χ1v) is 8.95. The molecule has 1 heterocycles. The molecule has 0 bridgehead atoms. The zero-order chi connectivity index (χ0) is 18.9. The van der Waals surface area contributed by atoms with E-state index in [-0.39, 0.29) is 11.1 Å². The molecule has 134 valence electrons. The maximum atomic E-state index is 12.2. The lowest BCUT2D eigenvalue weighted by atomic mass is 9.64. The molecular weight excluding hydrogens is 386 g/mol. The number of allylic oxidation sites excluding steroid dienone is 2. The normalized spacial score (nSPS) is 17.1. The molecule has 0 aromatic heterocycles. The summed E-state index contributed by atoms with van der Waals surface area (Å²) in [5, 5.41) is 20.0. The monoisotopic (exact) mass is 407 g/mol. The second-order valence-electron chi connectivity index (χ2n) is 6.01. The van der Waals surface area contributed by atoms with Crippen LogP contribution in [-0.2, 0) is 15.0 Å². The summed E-state index contributed by atoms with van der Waals surface area (Å²) in [5.41, 5.74) is 0.822. The number of halogens is 1. The van der Waals surface area contributed by atoms with Crippen molar-refractivity contribution >= 4 is 27.9 Å². The Morgan fingerprint density at radius 3 is 1.88 bits per heavy atom. The summed E-state index contributed by atoms with van der Waals surface area (Å²) in [4.78, 5) is 26.3. The van der Waals surface area contributed by atoms with Crippen molar-refractivity contribution in [3.05, 3.63) is 56.8 Å². The smallest absolute Gasteiger partial charge is 0.334 e. The van der Waals surface area contributed by atoms with Crippen LogP contribution < -0.4 is 0 Å². The summed E-state index contributed by atoms with van der Waals surface area (Å²) in [6.07, 6.45) is 0.325. The highest BCUT2D eigenvalue weighted by Gasteiger charge is 2.51. The summed E-state index contributed by atoms with van der Waals surface area (Å²) in [7, 11) is 0. The van der Waals surface area contributed by atoms with E-state index in [1.807, 2.05) is 26.0 Å². The lowest BCUT2D eigenvalue weighted by Gasteiger charge is -2.44. The van der Waals surface area contributed by atoms with Gasteiger partial charge >= 0.3 is 11.9 Å². The van der Waals surface area contributed by atoms with Gasteiger partial charge in [0.2, 0.25) is 0 Å². The molecule has 0 aliphatic carbocycles. The summed E-state index contributed by atoms with van der Waals surface area (Å²) >= 11 is 3.49. The Bertz CT molecular complexity index is 756. The third-order valence-corrected chi connectivity index (χ3v) is 5.69. The molecule has 2 N–H and O–H groups in total. The summed E-state index contributed by atoms with van der Waals surface area (Å²) < 4.78 is 0.694. The van der Waals surface area contributed by atoms with Crippen LogP contribution in [0.3, 0.4) is 0 Å². The molecule has 0 amide bonds. The SMILES string of the molecule is CCN1C(C)=C(C(=O)O)C(CC)(c2ccccc2Br)C(C(=O)O)=C1C. The van der Waals surface area contributed by atoms with Gasteiger partial charge in [-0.1, -0.05) is 41.1 Å². The van der Waals surface area contributed by atoms with Gasteiger partial charge < -0.3 is 15.1 Å². The van der Waals surface area contributed by atoms with Crippen LogP contribution in [0.5, 0.6) is 0 Å². The lowest BCUT2D eigenvalue weighted by molar-refractivity contribution is -0.134. The third kappa shape index (κ3) is 2.78. The fourth-order valence-electron chi connectivity index (χ4n) is 4.03. The Balaban J connectivity index is 3.03. The quantitative estimate of drug-likeness (QED) is 0.766. The molecule has 1 aliphatic rings. The number of hydrogen-bond acceptors (Lipinski definition) is 3. The molecule has 0 saturated heterocycles. The van der Waals surface area contributed by atoms with Crippen LogP contribution in [0, 0.1) is 0 Å². The van der Waals surface area contributed by atoms with Gasteiger partial charge in [-0.25, -0.2) is 9.59 Å². The van der Waals surface area contributed by atoms with Crippen LogP contribution in [0.1, 0.15) is 39.7 Å². The minimum absolute atomic E-state index is 0.117. The minimum Gasteiger partial charge on any atom is -0.478 e. The predicted molar refractivity (Wildman–Crippen MR) is 99.2 cm³/mol. The van der Waals surface area contributed by atoms with Crippen molar-refractivity contribution in [1.82, 2.24) is 4.90 Å². The number of carbonyl (C=O) groups is 2. The van der Waals surface area contributed by atoms with Crippen molar-refractivity contribution in [2.24, 2.45) is 0 Å². The molecule has 0 fully saturated rings. The molecule has 25 heavy (non-hydrogen) atoms. The van der Waals surface area contributed by atoms with E-state index < -0.39 is 17.4 Å². The Hall–Kier alpha value is -2.08. The maximum Gasteiger partial charge on any atom is 0.334 e. The molecule has 2 rings (SSSR count). The molecular formula is C19H22BrNO4. The Morgan fingerprint density at radius 2 is 1.52 bits per heavy atom. The van der Waals surface area contributed by atoms with E-state index in [9.17, 15) is 19.8 Å². The van der Waals surface area contributed by atoms with Crippen LogP contribution in [0.2, 0.25) is 0 Å². The summed E-state index contributed by atoms with van der Waals surface area (Å²) in [6.45, 7) is 7.70. The van der Waals surface area contributed by atoms with Crippen molar-refractivity contribution in [1.29, 1.82) is 0 Å². The topological polar surface area (TPSA) is 77.8 Å². The average Bonchev–Trinajstić information content (AvgIpc) is 2.54. The number of nitrogens with zero attached hydrogens (tertiary/aromatic N) is 1. The molecule has 0 spiro atoms. The highest BCUT2D eigenvalue weighted by molar-refractivity contribution is 9.10. The average molecular weight is 408 g/mol. The molecule has 1 aromatic carbocycles. The molecule has 0 unspecified atom stereocenters. The van der Waals surface area contributed by atoms with Crippen molar-refractivity contribution < 1.29 is 19.8 Å². The van der Waals surface area contributed by atoms with Crippen LogP contribution in [0.15, 0.2) is 51.3 Å². The Labute approximate surface area is 155 Å². The first kappa shape index (κ1) is 19.2. The molecule has 5 nitrogen and oxygen atoms in total. The highest BCUT2D eigenvalue weighted by atomic mass is 79.9. The molecule has 0 saturated carbocycles. The van der Waals surface area contributed by atoms with Crippen LogP contribution in [-0.4, -0.2) is 33.6 Å². The van der Waals surface area contributed by atoms with Gasteiger partial charge in [0, 0.05) is 22.4 Å². The lowest BCUT2D eigenvalue weighted by Crippen LogP contribution is -2.45. The van der Waals surface area contributed by atoms with E-state index in [1.165, 1.54) is 0 Å². The van der Waals surface area contributed by atoms with Gasteiger partial charge in [-0.15, -0.1) is 0 Å². The van der Waals surface area contributed by atoms with Crippen molar-refractivity contribution in [3.8, 4) is 0 Å². The molecule has 0 atom stereocenters. The predicted octanol–water partition coefficient (Wildman–Crippen LogP) is 4.15.